The average molecular weight is 262 g/mol. The van der Waals surface area contributed by atoms with Crippen LogP contribution >= 0.6 is 11.8 Å². The highest BCUT2D eigenvalue weighted by Gasteiger charge is 2.03. The molecule has 1 heterocycles. The minimum absolute atomic E-state index is 0.262. The lowest BCUT2D eigenvalue weighted by molar-refractivity contribution is 0.414. The molecular formula is C12H14N4OS. The number of hydrogen-bond acceptors (Lipinski definition) is 6. The van der Waals surface area contributed by atoms with Gasteiger partial charge in [-0.3, -0.25) is 0 Å². The Morgan fingerprint density at radius 2 is 1.94 bits per heavy atom. The van der Waals surface area contributed by atoms with Gasteiger partial charge in [0.1, 0.15) is 16.6 Å². The first-order chi connectivity index (χ1) is 8.71. The lowest BCUT2D eigenvalue weighted by atomic mass is 10.3. The van der Waals surface area contributed by atoms with E-state index in [0.29, 0.717) is 5.82 Å². The molecule has 1 aromatic heterocycles. The zero-order chi connectivity index (χ0) is 13.0. The van der Waals surface area contributed by atoms with Crippen LogP contribution in [0.3, 0.4) is 0 Å². The van der Waals surface area contributed by atoms with Crippen molar-refractivity contribution in [1.82, 2.24) is 9.97 Å². The van der Waals surface area contributed by atoms with Gasteiger partial charge in [0.05, 0.1) is 7.11 Å². The van der Waals surface area contributed by atoms with Crippen molar-refractivity contribution in [3.8, 4) is 5.75 Å². The Hall–Kier alpha value is -1.95. The normalized spacial score (nSPS) is 10.1. The monoisotopic (exact) mass is 262 g/mol. The predicted octanol–water partition coefficient (Wildman–Crippen LogP) is 2.26. The van der Waals surface area contributed by atoms with E-state index in [4.69, 9.17) is 10.5 Å². The van der Waals surface area contributed by atoms with Gasteiger partial charge in [-0.25, -0.2) is 4.98 Å². The molecule has 18 heavy (non-hydrogen) atoms. The third-order valence-corrected chi connectivity index (χ3v) is 3.18. The second-order valence-electron chi connectivity index (χ2n) is 3.48. The summed E-state index contributed by atoms with van der Waals surface area (Å²) in [6.45, 7) is 0. The Balaban J connectivity index is 2.19. The van der Waals surface area contributed by atoms with Gasteiger partial charge in [-0.1, -0.05) is 11.8 Å². The van der Waals surface area contributed by atoms with Crippen LogP contribution < -0.4 is 15.8 Å². The van der Waals surface area contributed by atoms with E-state index in [9.17, 15) is 0 Å². The van der Waals surface area contributed by atoms with Gasteiger partial charge in [0, 0.05) is 18.0 Å². The predicted molar refractivity (Wildman–Crippen MR) is 73.1 cm³/mol. The minimum atomic E-state index is 0.262. The Morgan fingerprint density at radius 3 is 2.56 bits per heavy atom. The molecule has 0 saturated carbocycles. The first-order valence-electron chi connectivity index (χ1n) is 5.35. The van der Waals surface area contributed by atoms with Crippen LogP contribution in [0.1, 0.15) is 0 Å². The van der Waals surface area contributed by atoms with Crippen molar-refractivity contribution in [2.24, 2.45) is 0 Å². The molecule has 0 unspecified atom stereocenters. The number of methoxy groups -OCH3 is 1. The van der Waals surface area contributed by atoms with Crippen LogP contribution in [0.25, 0.3) is 0 Å². The van der Waals surface area contributed by atoms with Crippen molar-refractivity contribution in [2.75, 3.05) is 25.2 Å². The molecule has 0 saturated heterocycles. The van der Waals surface area contributed by atoms with Crippen molar-refractivity contribution in [3.05, 3.63) is 30.3 Å². The van der Waals surface area contributed by atoms with E-state index in [1.807, 2.05) is 30.3 Å². The topological polar surface area (TPSA) is 73.1 Å². The number of hydrogen-bond donors (Lipinski definition) is 2. The SMILES string of the molecule is CNc1cc(Sc2ccc(OC)cc2)nc(N)n1. The molecule has 5 nitrogen and oxygen atoms in total. The van der Waals surface area contributed by atoms with E-state index < -0.39 is 0 Å². The van der Waals surface area contributed by atoms with E-state index in [1.165, 1.54) is 11.8 Å². The summed E-state index contributed by atoms with van der Waals surface area (Å²) in [4.78, 5) is 9.29. The van der Waals surface area contributed by atoms with Crippen molar-refractivity contribution < 1.29 is 4.74 Å². The molecule has 94 valence electrons. The van der Waals surface area contributed by atoms with Crippen LogP contribution in [0.2, 0.25) is 0 Å². The van der Waals surface area contributed by atoms with Crippen LogP contribution in [-0.4, -0.2) is 24.1 Å². The number of anilines is 2. The Bertz CT molecular complexity index is 530. The maximum absolute atomic E-state index is 5.64. The molecule has 1 aromatic carbocycles. The smallest absolute Gasteiger partial charge is 0.223 e. The number of nitrogens with zero attached hydrogens (tertiary/aromatic N) is 2. The minimum Gasteiger partial charge on any atom is -0.497 e. The summed E-state index contributed by atoms with van der Waals surface area (Å²) in [6.07, 6.45) is 0. The van der Waals surface area contributed by atoms with Gasteiger partial charge in [-0.15, -0.1) is 0 Å². The first-order valence-corrected chi connectivity index (χ1v) is 6.17. The van der Waals surface area contributed by atoms with Gasteiger partial charge >= 0.3 is 0 Å². The zero-order valence-electron chi connectivity index (χ0n) is 10.2. The van der Waals surface area contributed by atoms with Crippen molar-refractivity contribution in [3.63, 3.8) is 0 Å². The number of ether oxygens (including phenoxy) is 1. The average Bonchev–Trinajstić information content (AvgIpc) is 2.39. The maximum Gasteiger partial charge on any atom is 0.223 e. The maximum atomic E-state index is 5.64. The fraction of sp³-hybridized carbons (Fsp3) is 0.167. The molecule has 2 rings (SSSR count). The highest BCUT2D eigenvalue weighted by Crippen LogP contribution is 2.29. The van der Waals surface area contributed by atoms with Gasteiger partial charge in [0.2, 0.25) is 5.95 Å². The molecule has 0 spiro atoms. The summed E-state index contributed by atoms with van der Waals surface area (Å²) >= 11 is 1.52. The van der Waals surface area contributed by atoms with Crippen LogP contribution in [0, 0.1) is 0 Å². The number of nitrogens with two attached hydrogens (primary N) is 1. The third-order valence-electron chi connectivity index (χ3n) is 2.26. The van der Waals surface area contributed by atoms with Gasteiger partial charge in [0.25, 0.3) is 0 Å². The van der Waals surface area contributed by atoms with Gasteiger partial charge in [0.15, 0.2) is 0 Å². The quantitative estimate of drug-likeness (QED) is 0.823. The second kappa shape index (κ2) is 5.59. The largest absolute Gasteiger partial charge is 0.497 e. The van der Waals surface area contributed by atoms with Gasteiger partial charge in [-0.05, 0) is 24.3 Å². The molecule has 0 aliphatic heterocycles. The highest BCUT2D eigenvalue weighted by atomic mass is 32.2. The summed E-state index contributed by atoms with van der Waals surface area (Å²) in [6, 6.07) is 9.62. The molecule has 0 aliphatic rings. The van der Waals surface area contributed by atoms with Crippen molar-refractivity contribution in [2.45, 2.75) is 9.92 Å². The molecule has 0 amide bonds. The van der Waals surface area contributed by atoms with Crippen LogP contribution in [-0.2, 0) is 0 Å². The molecule has 0 fully saturated rings. The molecule has 3 N–H and O–H groups in total. The number of nitrogens with one attached hydrogen (secondary N) is 1. The number of nitrogen functional groups attached to an aromatic ring is 1. The van der Waals surface area contributed by atoms with Crippen LogP contribution in [0.5, 0.6) is 5.75 Å². The summed E-state index contributed by atoms with van der Waals surface area (Å²) < 4.78 is 5.11. The number of rotatable bonds is 4. The zero-order valence-corrected chi connectivity index (χ0v) is 11.0. The Kier molecular flexibility index (Phi) is 3.88. The van der Waals surface area contributed by atoms with E-state index in [1.54, 1.807) is 14.2 Å². The lowest BCUT2D eigenvalue weighted by Gasteiger charge is -2.05. The molecule has 0 aliphatic carbocycles. The lowest BCUT2D eigenvalue weighted by Crippen LogP contribution is -2.00. The first kappa shape index (κ1) is 12.5. The summed E-state index contributed by atoms with van der Waals surface area (Å²) in [5.41, 5.74) is 5.64. The summed E-state index contributed by atoms with van der Waals surface area (Å²) in [7, 11) is 3.44. The summed E-state index contributed by atoms with van der Waals surface area (Å²) in [5.74, 6) is 1.80. The number of benzene rings is 1. The molecule has 0 atom stereocenters. The van der Waals surface area contributed by atoms with Gasteiger partial charge in [-0.2, -0.15) is 4.98 Å². The molecule has 2 aromatic rings. The van der Waals surface area contributed by atoms with E-state index in [2.05, 4.69) is 15.3 Å². The molecule has 0 bridgehead atoms. The van der Waals surface area contributed by atoms with Crippen molar-refractivity contribution >= 4 is 23.5 Å². The molecular weight excluding hydrogens is 248 g/mol. The fourth-order valence-electron chi connectivity index (χ4n) is 1.39. The Morgan fingerprint density at radius 1 is 1.22 bits per heavy atom. The Labute approximate surface area is 110 Å². The van der Waals surface area contributed by atoms with E-state index in [-0.39, 0.29) is 5.95 Å². The third kappa shape index (κ3) is 3.04. The fourth-order valence-corrected chi connectivity index (χ4v) is 2.21. The van der Waals surface area contributed by atoms with Crippen LogP contribution in [0.4, 0.5) is 11.8 Å². The molecule has 6 heteroatoms. The highest BCUT2D eigenvalue weighted by molar-refractivity contribution is 7.99. The summed E-state index contributed by atoms with van der Waals surface area (Å²) in [5, 5.41) is 3.75. The van der Waals surface area contributed by atoms with Crippen molar-refractivity contribution in [1.29, 1.82) is 0 Å². The molecule has 0 radical (unpaired) electrons. The van der Waals surface area contributed by atoms with E-state index >= 15 is 0 Å². The van der Waals surface area contributed by atoms with Crippen LogP contribution in [0.15, 0.2) is 40.3 Å². The van der Waals surface area contributed by atoms with E-state index in [0.717, 1.165) is 15.7 Å². The standard InChI is InChI=1S/C12H14N4OS/c1-14-10-7-11(16-12(13)15-10)18-9-5-3-8(17-2)4-6-9/h3-7H,1-2H3,(H3,13,14,15,16). The number of aromatic nitrogens is 2. The second-order valence-corrected chi connectivity index (χ2v) is 4.57. The van der Waals surface area contributed by atoms with Gasteiger partial charge < -0.3 is 15.8 Å².